The Morgan fingerprint density at radius 3 is 2.76 bits per heavy atom. The third-order valence-electron chi connectivity index (χ3n) is 5.10. The number of hydrogen-bond donors (Lipinski definition) is 2. The number of hydrogen-bond acceptors (Lipinski definition) is 5. The number of aryl methyl sites for hydroxylation is 1. The largest absolute Gasteiger partial charge is 0.487 e. The lowest BCUT2D eigenvalue weighted by atomic mass is 10.1. The summed E-state index contributed by atoms with van der Waals surface area (Å²) in [5, 5.41) is 8.77. The second-order valence-electron chi connectivity index (χ2n) is 7.73. The SMILES string of the molecule is CCC(C)C(=O)Nc1cccc(CNC(=O)C=Cc2ccccc2OCc2csc(C)n2)c1. The molecule has 0 saturated heterocycles. The van der Waals surface area contributed by atoms with E-state index in [9.17, 15) is 9.59 Å². The minimum Gasteiger partial charge on any atom is -0.487 e. The number of ether oxygens (including phenoxy) is 1. The van der Waals surface area contributed by atoms with Crippen molar-refractivity contribution < 1.29 is 14.3 Å². The number of rotatable bonds is 10. The van der Waals surface area contributed by atoms with Crippen LogP contribution in [-0.4, -0.2) is 16.8 Å². The number of aromatic nitrogens is 1. The Morgan fingerprint density at radius 2 is 2.00 bits per heavy atom. The molecule has 0 fully saturated rings. The van der Waals surface area contributed by atoms with Crippen LogP contribution in [0.15, 0.2) is 60.0 Å². The molecule has 0 aliphatic heterocycles. The summed E-state index contributed by atoms with van der Waals surface area (Å²) in [6.07, 6.45) is 4.01. The highest BCUT2D eigenvalue weighted by molar-refractivity contribution is 7.09. The van der Waals surface area contributed by atoms with Gasteiger partial charge in [0, 0.05) is 35.2 Å². The summed E-state index contributed by atoms with van der Waals surface area (Å²) >= 11 is 1.59. The monoisotopic (exact) mass is 463 g/mol. The van der Waals surface area contributed by atoms with E-state index in [-0.39, 0.29) is 17.7 Å². The Bertz CT molecular complexity index is 1120. The van der Waals surface area contributed by atoms with Crippen LogP contribution in [0.1, 0.15) is 42.1 Å². The van der Waals surface area contributed by atoms with Crippen molar-refractivity contribution in [2.75, 3.05) is 5.32 Å². The van der Waals surface area contributed by atoms with Crippen LogP contribution in [0.3, 0.4) is 0 Å². The molecule has 1 heterocycles. The lowest BCUT2D eigenvalue weighted by Crippen LogP contribution is -2.21. The first-order valence-electron chi connectivity index (χ1n) is 10.9. The minimum atomic E-state index is -0.214. The predicted octanol–water partition coefficient (Wildman–Crippen LogP) is 5.34. The van der Waals surface area contributed by atoms with E-state index in [1.165, 1.54) is 6.08 Å². The van der Waals surface area contributed by atoms with Gasteiger partial charge in [-0.05, 0) is 43.2 Å². The van der Waals surface area contributed by atoms with Crippen molar-refractivity contribution in [1.82, 2.24) is 10.3 Å². The van der Waals surface area contributed by atoms with Gasteiger partial charge in [0.25, 0.3) is 0 Å². The maximum Gasteiger partial charge on any atom is 0.244 e. The number of benzene rings is 2. The molecule has 2 amide bonds. The summed E-state index contributed by atoms with van der Waals surface area (Å²) in [5.74, 6) is 0.425. The topological polar surface area (TPSA) is 80.3 Å². The van der Waals surface area contributed by atoms with Crippen molar-refractivity contribution in [2.45, 2.75) is 40.3 Å². The number of anilines is 1. The van der Waals surface area contributed by atoms with E-state index in [1.807, 2.05) is 74.7 Å². The minimum absolute atomic E-state index is 0.00702. The molecule has 0 saturated carbocycles. The van der Waals surface area contributed by atoms with E-state index in [1.54, 1.807) is 17.4 Å². The maximum absolute atomic E-state index is 12.4. The van der Waals surface area contributed by atoms with Crippen molar-refractivity contribution in [3.8, 4) is 5.75 Å². The summed E-state index contributed by atoms with van der Waals surface area (Å²) in [4.78, 5) is 28.9. The van der Waals surface area contributed by atoms with Crippen molar-refractivity contribution in [3.05, 3.63) is 81.8 Å². The van der Waals surface area contributed by atoms with Crippen LogP contribution >= 0.6 is 11.3 Å². The zero-order valence-corrected chi connectivity index (χ0v) is 19.9. The second-order valence-corrected chi connectivity index (χ2v) is 8.80. The Hall–Kier alpha value is -3.45. The molecule has 0 aliphatic rings. The van der Waals surface area contributed by atoms with Crippen LogP contribution in [0, 0.1) is 12.8 Å². The van der Waals surface area contributed by atoms with Gasteiger partial charge in [-0.1, -0.05) is 44.2 Å². The van der Waals surface area contributed by atoms with Gasteiger partial charge >= 0.3 is 0 Å². The molecule has 2 aromatic carbocycles. The number of thiazole rings is 1. The Kier molecular flexibility index (Phi) is 8.78. The van der Waals surface area contributed by atoms with E-state index >= 15 is 0 Å². The molecule has 3 rings (SSSR count). The summed E-state index contributed by atoms with van der Waals surface area (Å²) in [6, 6.07) is 15.0. The fourth-order valence-electron chi connectivity index (χ4n) is 3.00. The fraction of sp³-hybridized carbons (Fsp3) is 0.269. The van der Waals surface area contributed by atoms with Crippen molar-refractivity contribution >= 4 is 34.9 Å². The summed E-state index contributed by atoms with van der Waals surface area (Å²) in [6.45, 7) is 6.58. The van der Waals surface area contributed by atoms with E-state index in [0.717, 1.165) is 33.9 Å². The zero-order valence-electron chi connectivity index (χ0n) is 19.1. The Labute approximate surface area is 198 Å². The van der Waals surface area contributed by atoms with Gasteiger partial charge in [-0.3, -0.25) is 9.59 Å². The molecule has 0 aliphatic carbocycles. The lowest BCUT2D eigenvalue weighted by molar-refractivity contribution is -0.119. The Balaban J connectivity index is 1.54. The van der Waals surface area contributed by atoms with Crippen LogP contribution in [-0.2, 0) is 22.7 Å². The van der Waals surface area contributed by atoms with E-state index < -0.39 is 0 Å². The highest BCUT2D eigenvalue weighted by Gasteiger charge is 2.10. The summed E-state index contributed by atoms with van der Waals surface area (Å²) < 4.78 is 5.89. The zero-order chi connectivity index (χ0) is 23.6. The number of amides is 2. The maximum atomic E-state index is 12.4. The van der Waals surface area contributed by atoms with Gasteiger partial charge in [-0.2, -0.15) is 0 Å². The van der Waals surface area contributed by atoms with Crippen LogP contribution in [0.2, 0.25) is 0 Å². The number of nitrogens with zero attached hydrogens (tertiary/aromatic N) is 1. The standard InChI is InChI=1S/C26H29N3O3S/c1-4-18(2)26(31)29-22-10-7-8-20(14-22)15-27-25(30)13-12-21-9-5-6-11-24(21)32-16-23-17-33-19(3)28-23/h5-14,17-18H,4,15-16H2,1-3H3,(H,27,30)(H,29,31). The van der Waals surface area contributed by atoms with Crippen molar-refractivity contribution in [3.63, 3.8) is 0 Å². The number of carbonyl (C=O) groups is 2. The normalized spacial score (nSPS) is 11.8. The van der Waals surface area contributed by atoms with Gasteiger partial charge in [-0.25, -0.2) is 4.98 Å². The van der Waals surface area contributed by atoms with Crippen molar-refractivity contribution in [2.24, 2.45) is 5.92 Å². The molecule has 0 spiro atoms. The van der Waals surface area contributed by atoms with Gasteiger partial charge < -0.3 is 15.4 Å². The first-order chi connectivity index (χ1) is 15.9. The molecule has 3 aromatic rings. The third kappa shape index (κ3) is 7.57. The molecule has 1 atom stereocenters. The summed E-state index contributed by atoms with van der Waals surface area (Å²) in [5.41, 5.74) is 3.33. The quantitative estimate of drug-likeness (QED) is 0.398. The number of carbonyl (C=O) groups excluding carboxylic acids is 2. The van der Waals surface area contributed by atoms with E-state index in [4.69, 9.17) is 4.74 Å². The highest BCUT2D eigenvalue weighted by Crippen LogP contribution is 2.21. The van der Waals surface area contributed by atoms with E-state index in [0.29, 0.717) is 18.9 Å². The Morgan fingerprint density at radius 1 is 1.18 bits per heavy atom. The lowest BCUT2D eigenvalue weighted by Gasteiger charge is -2.11. The molecule has 6 nitrogen and oxygen atoms in total. The van der Waals surface area contributed by atoms with Gasteiger partial charge in [0.1, 0.15) is 12.4 Å². The van der Waals surface area contributed by atoms with Crippen LogP contribution in [0.5, 0.6) is 5.75 Å². The average molecular weight is 464 g/mol. The van der Waals surface area contributed by atoms with E-state index in [2.05, 4.69) is 15.6 Å². The molecule has 2 N–H and O–H groups in total. The molecule has 7 heteroatoms. The molecule has 0 bridgehead atoms. The molecular weight excluding hydrogens is 434 g/mol. The molecule has 0 radical (unpaired) electrons. The van der Waals surface area contributed by atoms with Gasteiger partial charge in [-0.15, -0.1) is 11.3 Å². The average Bonchev–Trinajstić information content (AvgIpc) is 3.25. The third-order valence-corrected chi connectivity index (χ3v) is 5.92. The van der Waals surface area contributed by atoms with Crippen LogP contribution < -0.4 is 15.4 Å². The van der Waals surface area contributed by atoms with Crippen LogP contribution in [0.4, 0.5) is 5.69 Å². The number of nitrogens with one attached hydrogen (secondary N) is 2. The number of para-hydroxylation sites is 1. The smallest absolute Gasteiger partial charge is 0.244 e. The molecule has 33 heavy (non-hydrogen) atoms. The second kappa shape index (κ2) is 12.0. The molecular formula is C26H29N3O3S. The summed E-state index contributed by atoms with van der Waals surface area (Å²) in [7, 11) is 0. The molecule has 172 valence electrons. The molecule has 1 unspecified atom stereocenters. The van der Waals surface area contributed by atoms with Gasteiger partial charge in [0.15, 0.2) is 0 Å². The van der Waals surface area contributed by atoms with Crippen LogP contribution in [0.25, 0.3) is 6.08 Å². The van der Waals surface area contributed by atoms with Gasteiger partial charge in [0.05, 0.1) is 10.7 Å². The predicted molar refractivity (Wildman–Crippen MR) is 133 cm³/mol. The first kappa shape index (κ1) is 24.2. The fourth-order valence-corrected chi connectivity index (χ4v) is 3.60. The molecule has 1 aromatic heterocycles. The van der Waals surface area contributed by atoms with Gasteiger partial charge in [0.2, 0.25) is 11.8 Å². The van der Waals surface area contributed by atoms with Crippen molar-refractivity contribution in [1.29, 1.82) is 0 Å². The first-order valence-corrected chi connectivity index (χ1v) is 11.8. The highest BCUT2D eigenvalue weighted by atomic mass is 32.1.